The molecule has 1 aliphatic rings. The van der Waals surface area contributed by atoms with Crippen molar-refractivity contribution in [3.63, 3.8) is 0 Å². The highest BCUT2D eigenvalue weighted by Gasteiger charge is 2.36. The number of anilines is 1. The lowest BCUT2D eigenvalue weighted by Crippen LogP contribution is -2.24. The zero-order valence-electron chi connectivity index (χ0n) is 14.4. The molecule has 0 spiro atoms. The molecule has 0 radical (unpaired) electrons. The van der Waals surface area contributed by atoms with Crippen LogP contribution >= 0.6 is 11.6 Å². The fourth-order valence-electron chi connectivity index (χ4n) is 3.06. The molecule has 0 bridgehead atoms. The molecule has 0 saturated carbocycles. The largest absolute Gasteiger partial charge is 0.497 e. The van der Waals surface area contributed by atoms with E-state index in [4.69, 9.17) is 20.9 Å². The van der Waals surface area contributed by atoms with E-state index < -0.39 is 5.82 Å². The number of carbonyl (C=O) groups is 1. The van der Waals surface area contributed by atoms with Crippen molar-refractivity contribution in [3.8, 4) is 17.1 Å². The average molecular weight is 388 g/mol. The molecule has 2 aromatic carbocycles. The number of ether oxygens (including phenoxy) is 1. The van der Waals surface area contributed by atoms with Gasteiger partial charge in [-0.3, -0.25) is 4.79 Å². The third kappa shape index (κ3) is 3.38. The van der Waals surface area contributed by atoms with Crippen LogP contribution < -0.4 is 9.64 Å². The zero-order chi connectivity index (χ0) is 19.0. The Kier molecular flexibility index (Phi) is 4.53. The normalized spacial score (nSPS) is 16.8. The Morgan fingerprint density at radius 1 is 1.26 bits per heavy atom. The molecular formula is C19H15ClFN3O3. The van der Waals surface area contributed by atoms with Crippen LogP contribution in [-0.2, 0) is 4.79 Å². The highest BCUT2D eigenvalue weighted by atomic mass is 35.5. The predicted molar refractivity (Wildman–Crippen MR) is 97.4 cm³/mol. The molecule has 1 fully saturated rings. The zero-order valence-corrected chi connectivity index (χ0v) is 15.1. The van der Waals surface area contributed by atoms with E-state index >= 15 is 0 Å². The molecule has 1 amide bonds. The van der Waals surface area contributed by atoms with Gasteiger partial charge in [-0.1, -0.05) is 16.8 Å². The lowest BCUT2D eigenvalue weighted by molar-refractivity contribution is -0.117. The maximum Gasteiger partial charge on any atom is 0.232 e. The third-order valence-corrected chi connectivity index (χ3v) is 4.77. The van der Waals surface area contributed by atoms with Gasteiger partial charge in [0.1, 0.15) is 11.6 Å². The number of methoxy groups -OCH3 is 1. The highest BCUT2D eigenvalue weighted by molar-refractivity contribution is 6.33. The van der Waals surface area contributed by atoms with Gasteiger partial charge in [0, 0.05) is 18.5 Å². The van der Waals surface area contributed by atoms with Crippen LogP contribution in [0.4, 0.5) is 10.1 Å². The van der Waals surface area contributed by atoms with Crippen LogP contribution in [0.25, 0.3) is 11.4 Å². The van der Waals surface area contributed by atoms with E-state index in [2.05, 4.69) is 10.1 Å². The summed E-state index contributed by atoms with van der Waals surface area (Å²) in [4.78, 5) is 18.4. The molecule has 1 unspecified atom stereocenters. The fraction of sp³-hybridized carbons (Fsp3) is 0.211. The van der Waals surface area contributed by atoms with Gasteiger partial charge in [-0.25, -0.2) is 4.39 Å². The Morgan fingerprint density at radius 2 is 2.04 bits per heavy atom. The number of rotatable bonds is 4. The van der Waals surface area contributed by atoms with Crippen LogP contribution in [0.5, 0.6) is 5.75 Å². The van der Waals surface area contributed by atoms with Crippen molar-refractivity contribution in [1.82, 2.24) is 10.1 Å². The number of aromatic nitrogens is 2. The van der Waals surface area contributed by atoms with Gasteiger partial charge in [0.2, 0.25) is 17.6 Å². The second kappa shape index (κ2) is 7.00. The molecule has 1 saturated heterocycles. The average Bonchev–Trinajstić information content (AvgIpc) is 3.29. The second-order valence-corrected chi connectivity index (χ2v) is 6.59. The summed E-state index contributed by atoms with van der Waals surface area (Å²) in [5.74, 6) is 0.729. The van der Waals surface area contributed by atoms with Gasteiger partial charge in [0.05, 0.1) is 23.7 Å². The van der Waals surface area contributed by atoms with E-state index in [1.54, 1.807) is 7.11 Å². The molecule has 0 aliphatic carbocycles. The van der Waals surface area contributed by atoms with E-state index in [-0.39, 0.29) is 23.3 Å². The molecule has 1 atom stereocenters. The lowest BCUT2D eigenvalue weighted by atomic mass is 10.1. The van der Waals surface area contributed by atoms with Gasteiger partial charge in [0.25, 0.3) is 0 Å². The molecule has 4 rings (SSSR count). The first-order valence-corrected chi connectivity index (χ1v) is 8.66. The molecule has 2 heterocycles. The minimum atomic E-state index is -0.451. The first-order chi connectivity index (χ1) is 13.0. The SMILES string of the molecule is COc1ccc(-c2noc(C3CC(=O)N(c4ccc(F)cc4Cl)C3)n2)cc1. The van der Waals surface area contributed by atoms with E-state index in [1.165, 1.54) is 23.1 Å². The van der Waals surface area contributed by atoms with Crippen molar-refractivity contribution in [1.29, 1.82) is 0 Å². The molecular weight excluding hydrogens is 373 g/mol. The van der Waals surface area contributed by atoms with Crippen molar-refractivity contribution < 1.29 is 18.4 Å². The number of hydrogen-bond acceptors (Lipinski definition) is 5. The Hall–Kier alpha value is -2.93. The summed E-state index contributed by atoms with van der Waals surface area (Å²) in [7, 11) is 1.59. The molecule has 138 valence electrons. The Balaban J connectivity index is 1.54. The lowest BCUT2D eigenvalue weighted by Gasteiger charge is -2.17. The Bertz CT molecular complexity index is 990. The topological polar surface area (TPSA) is 68.5 Å². The van der Waals surface area contributed by atoms with Gasteiger partial charge in [-0.15, -0.1) is 0 Å². The van der Waals surface area contributed by atoms with Crippen LogP contribution in [0.3, 0.4) is 0 Å². The first kappa shape index (κ1) is 17.5. The van der Waals surface area contributed by atoms with E-state index in [0.717, 1.165) is 11.3 Å². The number of amides is 1. The van der Waals surface area contributed by atoms with Crippen LogP contribution in [-0.4, -0.2) is 29.7 Å². The van der Waals surface area contributed by atoms with Gasteiger partial charge in [0.15, 0.2) is 0 Å². The minimum Gasteiger partial charge on any atom is -0.497 e. The van der Waals surface area contributed by atoms with Crippen LogP contribution in [0.1, 0.15) is 18.2 Å². The smallest absolute Gasteiger partial charge is 0.232 e. The Morgan fingerprint density at radius 3 is 2.74 bits per heavy atom. The number of nitrogens with zero attached hydrogens (tertiary/aromatic N) is 3. The molecule has 1 aliphatic heterocycles. The maximum atomic E-state index is 13.3. The van der Waals surface area contributed by atoms with Gasteiger partial charge < -0.3 is 14.2 Å². The van der Waals surface area contributed by atoms with E-state index in [9.17, 15) is 9.18 Å². The summed E-state index contributed by atoms with van der Waals surface area (Å²) in [6.07, 6.45) is 0.220. The van der Waals surface area contributed by atoms with E-state index in [1.807, 2.05) is 24.3 Å². The summed E-state index contributed by atoms with van der Waals surface area (Å²) >= 11 is 6.08. The van der Waals surface area contributed by atoms with Crippen molar-refractivity contribution in [2.24, 2.45) is 0 Å². The van der Waals surface area contributed by atoms with Crippen LogP contribution in [0, 0.1) is 5.82 Å². The van der Waals surface area contributed by atoms with Gasteiger partial charge in [-0.05, 0) is 42.5 Å². The fourth-order valence-corrected chi connectivity index (χ4v) is 3.33. The van der Waals surface area contributed by atoms with Crippen molar-refractivity contribution in [3.05, 3.63) is 59.2 Å². The number of halogens is 2. The quantitative estimate of drug-likeness (QED) is 0.675. The number of benzene rings is 2. The summed E-state index contributed by atoms with van der Waals surface area (Å²) in [6.45, 7) is 0.342. The molecule has 8 heteroatoms. The Labute approximate surface area is 159 Å². The second-order valence-electron chi connectivity index (χ2n) is 6.19. The summed E-state index contributed by atoms with van der Waals surface area (Å²) in [5, 5.41) is 4.19. The molecule has 3 aromatic rings. The third-order valence-electron chi connectivity index (χ3n) is 4.46. The van der Waals surface area contributed by atoms with Crippen molar-refractivity contribution in [2.45, 2.75) is 12.3 Å². The first-order valence-electron chi connectivity index (χ1n) is 8.28. The van der Waals surface area contributed by atoms with Crippen LogP contribution in [0.2, 0.25) is 5.02 Å². The van der Waals surface area contributed by atoms with E-state index in [0.29, 0.717) is 23.9 Å². The number of hydrogen-bond donors (Lipinski definition) is 0. The molecule has 27 heavy (non-hydrogen) atoms. The predicted octanol–water partition coefficient (Wildman–Crippen LogP) is 4.06. The van der Waals surface area contributed by atoms with Gasteiger partial charge in [-0.2, -0.15) is 4.98 Å². The van der Waals surface area contributed by atoms with Gasteiger partial charge >= 0.3 is 0 Å². The standard InChI is InChI=1S/C19H15ClFN3O3/c1-26-14-5-2-11(3-6-14)18-22-19(27-23-18)12-8-17(25)24(10-12)16-7-4-13(21)9-15(16)20/h2-7,9,12H,8,10H2,1H3. The monoisotopic (exact) mass is 387 g/mol. The van der Waals surface area contributed by atoms with Crippen molar-refractivity contribution in [2.75, 3.05) is 18.6 Å². The maximum absolute atomic E-state index is 13.3. The highest BCUT2D eigenvalue weighted by Crippen LogP contribution is 2.35. The van der Waals surface area contributed by atoms with Crippen LogP contribution in [0.15, 0.2) is 47.0 Å². The molecule has 1 aromatic heterocycles. The molecule has 0 N–H and O–H groups in total. The minimum absolute atomic E-state index is 0.127. The summed E-state index contributed by atoms with van der Waals surface area (Å²) < 4.78 is 23.8. The number of carbonyl (C=O) groups excluding carboxylic acids is 1. The molecule has 6 nitrogen and oxygen atoms in total. The van der Waals surface area contributed by atoms with Crippen molar-refractivity contribution >= 4 is 23.2 Å². The summed E-state index contributed by atoms with van der Waals surface area (Å²) in [5.41, 5.74) is 1.26. The summed E-state index contributed by atoms with van der Waals surface area (Å²) in [6, 6.07) is 11.2.